The highest BCUT2D eigenvalue weighted by molar-refractivity contribution is 5.03. The van der Waals surface area contributed by atoms with Gasteiger partial charge in [0.2, 0.25) is 0 Å². The molecule has 1 aliphatic rings. The molecule has 0 aliphatic carbocycles. The van der Waals surface area contributed by atoms with Crippen LogP contribution in [-0.2, 0) is 17.8 Å². The maximum atomic E-state index is 5.74. The third-order valence-corrected chi connectivity index (χ3v) is 3.27. The molecular weight excluding hydrogens is 214 g/mol. The Kier molecular flexibility index (Phi) is 4.18. The summed E-state index contributed by atoms with van der Waals surface area (Å²) in [5.41, 5.74) is 1.29. The fourth-order valence-electron chi connectivity index (χ4n) is 2.30. The zero-order chi connectivity index (χ0) is 12.1. The summed E-state index contributed by atoms with van der Waals surface area (Å²) in [5, 5.41) is 7.78. The topological polar surface area (TPSA) is 39.1 Å². The molecule has 0 spiro atoms. The minimum atomic E-state index is 0.0411. The summed E-state index contributed by atoms with van der Waals surface area (Å²) in [6, 6.07) is 0. The highest BCUT2D eigenvalue weighted by atomic mass is 16.5. The van der Waals surface area contributed by atoms with E-state index in [0.29, 0.717) is 0 Å². The normalized spacial score (nSPS) is 24.4. The number of hydrogen-bond acceptors (Lipinski definition) is 3. The van der Waals surface area contributed by atoms with Crippen molar-refractivity contribution < 1.29 is 4.74 Å². The van der Waals surface area contributed by atoms with E-state index in [2.05, 4.69) is 30.5 Å². The van der Waals surface area contributed by atoms with Crippen molar-refractivity contribution in [2.24, 2.45) is 0 Å². The van der Waals surface area contributed by atoms with E-state index in [4.69, 9.17) is 4.74 Å². The number of nitrogens with zero attached hydrogens (tertiary/aromatic N) is 2. The molecule has 1 saturated heterocycles. The van der Waals surface area contributed by atoms with Crippen LogP contribution in [-0.4, -0.2) is 28.5 Å². The molecule has 0 saturated carbocycles. The molecule has 1 unspecified atom stereocenters. The van der Waals surface area contributed by atoms with Crippen LogP contribution >= 0.6 is 0 Å². The number of nitrogens with one attached hydrogen (secondary N) is 1. The summed E-state index contributed by atoms with van der Waals surface area (Å²) in [6.07, 6.45) is 7.54. The van der Waals surface area contributed by atoms with Crippen LogP contribution in [0.25, 0.3) is 0 Å². The average molecular weight is 237 g/mol. The number of ether oxygens (including phenoxy) is 1. The lowest BCUT2D eigenvalue weighted by molar-refractivity contribution is 0.0207. The van der Waals surface area contributed by atoms with Crippen molar-refractivity contribution in [2.75, 3.05) is 13.2 Å². The highest BCUT2D eigenvalue weighted by Crippen LogP contribution is 2.23. The lowest BCUT2D eigenvalue weighted by Gasteiger charge is -2.23. The van der Waals surface area contributed by atoms with Gasteiger partial charge in [0.1, 0.15) is 0 Å². The van der Waals surface area contributed by atoms with Crippen LogP contribution in [0.2, 0.25) is 0 Å². The van der Waals surface area contributed by atoms with Gasteiger partial charge in [-0.05, 0) is 26.2 Å². The van der Waals surface area contributed by atoms with Gasteiger partial charge in [-0.1, -0.05) is 6.92 Å². The Balaban J connectivity index is 1.73. The molecule has 1 atom stereocenters. The van der Waals surface area contributed by atoms with Crippen molar-refractivity contribution >= 4 is 0 Å². The van der Waals surface area contributed by atoms with Gasteiger partial charge in [-0.3, -0.25) is 4.68 Å². The average Bonchev–Trinajstić information content (AvgIpc) is 2.90. The monoisotopic (exact) mass is 237 g/mol. The van der Waals surface area contributed by atoms with Crippen LogP contribution in [0.1, 0.15) is 38.7 Å². The summed E-state index contributed by atoms with van der Waals surface area (Å²) < 4.78 is 7.74. The van der Waals surface area contributed by atoms with E-state index >= 15 is 0 Å². The molecule has 96 valence electrons. The van der Waals surface area contributed by atoms with E-state index in [0.717, 1.165) is 39.1 Å². The first-order chi connectivity index (χ1) is 8.22. The van der Waals surface area contributed by atoms with Gasteiger partial charge >= 0.3 is 0 Å². The Morgan fingerprint density at radius 1 is 1.59 bits per heavy atom. The van der Waals surface area contributed by atoms with Gasteiger partial charge in [-0.25, -0.2) is 0 Å². The number of aromatic nitrogens is 2. The first kappa shape index (κ1) is 12.6. The van der Waals surface area contributed by atoms with Gasteiger partial charge in [-0.2, -0.15) is 5.10 Å². The van der Waals surface area contributed by atoms with Crippen LogP contribution in [0.3, 0.4) is 0 Å². The molecule has 17 heavy (non-hydrogen) atoms. The largest absolute Gasteiger partial charge is 0.374 e. The minimum absolute atomic E-state index is 0.0411. The molecule has 4 nitrogen and oxygen atoms in total. The first-order valence-electron chi connectivity index (χ1n) is 6.58. The van der Waals surface area contributed by atoms with Gasteiger partial charge in [0.05, 0.1) is 11.8 Å². The predicted octanol–water partition coefficient (Wildman–Crippen LogP) is 1.95. The third-order valence-electron chi connectivity index (χ3n) is 3.27. The van der Waals surface area contributed by atoms with Crippen LogP contribution in [0.5, 0.6) is 0 Å². The van der Waals surface area contributed by atoms with Crippen molar-refractivity contribution in [3.8, 4) is 0 Å². The van der Waals surface area contributed by atoms with E-state index in [1.165, 1.54) is 12.0 Å². The van der Waals surface area contributed by atoms with E-state index < -0.39 is 0 Å². The number of aryl methyl sites for hydroxylation is 1. The third kappa shape index (κ3) is 3.54. The van der Waals surface area contributed by atoms with Crippen LogP contribution in [0, 0.1) is 0 Å². The second-order valence-corrected chi connectivity index (χ2v) is 5.12. The maximum Gasteiger partial charge on any atom is 0.0779 e. The molecule has 0 radical (unpaired) electrons. The van der Waals surface area contributed by atoms with Crippen LogP contribution < -0.4 is 5.32 Å². The zero-order valence-corrected chi connectivity index (χ0v) is 10.9. The van der Waals surface area contributed by atoms with Crippen molar-refractivity contribution in [1.29, 1.82) is 0 Å². The van der Waals surface area contributed by atoms with E-state index in [1.807, 2.05) is 10.9 Å². The highest BCUT2D eigenvalue weighted by Gasteiger charge is 2.28. The molecule has 2 heterocycles. The summed E-state index contributed by atoms with van der Waals surface area (Å²) in [6.45, 7) is 8.06. The summed E-state index contributed by atoms with van der Waals surface area (Å²) >= 11 is 0. The lowest BCUT2D eigenvalue weighted by atomic mass is 10.0. The molecule has 2 rings (SSSR count). The fourth-order valence-corrected chi connectivity index (χ4v) is 2.30. The van der Waals surface area contributed by atoms with Crippen LogP contribution in [0.15, 0.2) is 12.4 Å². The zero-order valence-electron chi connectivity index (χ0n) is 10.9. The molecule has 1 fully saturated rings. The summed E-state index contributed by atoms with van der Waals surface area (Å²) in [5.74, 6) is 0. The van der Waals surface area contributed by atoms with Crippen molar-refractivity contribution in [1.82, 2.24) is 15.1 Å². The van der Waals surface area contributed by atoms with Gasteiger partial charge in [-0.15, -0.1) is 0 Å². The van der Waals surface area contributed by atoms with Crippen molar-refractivity contribution in [3.63, 3.8) is 0 Å². The molecule has 4 heteroatoms. The van der Waals surface area contributed by atoms with Crippen molar-refractivity contribution in [3.05, 3.63) is 18.0 Å². The Bertz CT molecular complexity index is 342. The summed E-state index contributed by atoms with van der Waals surface area (Å²) in [4.78, 5) is 0. The Morgan fingerprint density at radius 2 is 2.47 bits per heavy atom. The second kappa shape index (κ2) is 5.65. The van der Waals surface area contributed by atoms with E-state index in [1.54, 1.807) is 0 Å². The quantitative estimate of drug-likeness (QED) is 0.822. The minimum Gasteiger partial charge on any atom is -0.374 e. The Morgan fingerprint density at radius 3 is 3.18 bits per heavy atom. The lowest BCUT2D eigenvalue weighted by Crippen LogP contribution is -2.36. The summed E-state index contributed by atoms with van der Waals surface area (Å²) in [7, 11) is 0. The fraction of sp³-hybridized carbons (Fsp3) is 0.769. The molecular formula is C13H23N3O. The Labute approximate surface area is 103 Å². The van der Waals surface area contributed by atoms with Gasteiger partial charge in [0.15, 0.2) is 0 Å². The molecule has 1 N–H and O–H groups in total. The molecule has 0 bridgehead atoms. The van der Waals surface area contributed by atoms with Gasteiger partial charge in [0.25, 0.3) is 0 Å². The van der Waals surface area contributed by atoms with Gasteiger partial charge in [0, 0.05) is 38.0 Å². The van der Waals surface area contributed by atoms with E-state index in [9.17, 15) is 0 Å². The molecule has 0 amide bonds. The molecule has 1 aromatic rings. The SMILES string of the molecule is CCCn1cc(CNCC2(C)CCCO2)cn1. The number of rotatable bonds is 6. The van der Waals surface area contributed by atoms with Crippen molar-refractivity contribution in [2.45, 2.75) is 51.8 Å². The molecule has 0 aromatic carbocycles. The van der Waals surface area contributed by atoms with Crippen LogP contribution in [0.4, 0.5) is 0 Å². The molecule has 1 aliphatic heterocycles. The number of hydrogen-bond donors (Lipinski definition) is 1. The first-order valence-corrected chi connectivity index (χ1v) is 6.58. The Hall–Kier alpha value is -0.870. The van der Waals surface area contributed by atoms with E-state index in [-0.39, 0.29) is 5.60 Å². The standard InChI is InChI=1S/C13H23N3O/c1-3-6-16-10-12(9-15-16)8-14-11-13(2)5-4-7-17-13/h9-10,14H,3-8,11H2,1-2H3. The smallest absolute Gasteiger partial charge is 0.0779 e. The maximum absolute atomic E-state index is 5.74. The predicted molar refractivity (Wildman–Crippen MR) is 67.8 cm³/mol. The second-order valence-electron chi connectivity index (χ2n) is 5.12. The molecule has 1 aromatic heterocycles. The van der Waals surface area contributed by atoms with Gasteiger partial charge < -0.3 is 10.1 Å².